The summed E-state index contributed by atoms with van der Waals surface area (Å²) in [6, 6.07) is 12.0. The quantitative estimate of drug-likeness (QED) is 0.563. The molecular formula is C18H14BrClN2O3. The number of methoxy groups -OCH3 is 2. The zero-order chi connectivity index (χ0) is 18.4. The molecule has 128 valence electrons. The van der Waals surface area contributed by atoms with Gasteiger partial charge in [0.05, 0.1) is 24.4 Å². The molecular weight excluding hydrogens is 408 g/mol. The van der Waals surface area contributed by atoms with Gasteiger partial charge in [0.25, 0.3) is 5.91 Å². The van der Waals surface area contributed by atoms with E-state index in [1.165, 1.54) is 20.3 Å². The van der Waals surface area contributed by atoms with Crippen molar-refractivity contribution in [3.63, 3.8) is 0 Å². The van der Waals surface area contributed by atoms with Gasteiger partial charge in [-0.1, -0.05) is 23.7 Å². The number of nitriles is 1. The fourth-order valence-corrected chi connectivity index (χ4v) is 2.63. The largest absolute Gasteiger partial charge is 0.495 e. The van der Waals surface area contributed by atoms with E-state index in [1.807, 2.05) is 6.07 Å². The maximum absolute atomic E-state index is 12.4. The van der Waals surface area contributed by atoms with Crippen molar-refractivity contribution in [2.45, 2.75) is 0 Å². The number of carbonyl (C=O) groups excluding carboxylic acids is 1. The van der Waals surface area contributed by atoms with Crippen molar-refractivity contribution in [2.24, 2.45) is 0 Å². The van der Waals surface area contributed by atoms with Gasteiger partial charge in [-0.3, -0.25) is 4.79 Å². The van der Waals surface area contributed by atoms with Crippen LogP contribution in [-0.2, 0) is 4.79 Å². The zero-order valence-electron chi connectivity index (χ0n) is 13.5. The summed E-state index contributed by atoms with van der Waals surface area (Å²) in [6.07, 6.45) is 1.48. The fraction of sp³-hybridized carbons (Fsp3) is 0.111. The first-order valence-corrected chi connectivity index (χ1v) is 8.25. The van der Waals surface area contributed by atoms with Crippen molar-refractivity contribution >= 4 is 45.2 Å². The molecule has 1 N–H and O–H groups in total. The lowest BCUT2D eigenvalue weighted by atomic mass is 10.1. The maximum Gasteiger partial charge on any atom is 0.266 e. The Labute approximate surface area is 158 Å². The molecule has 25 heavy (non-hydrogen) atoms. The Bertz CT molecular complexity index is 858. The van der Waals surface area contributed by atoms with Gasteiger partial charge in [0.2, 0.25) is 0 Å². The summed E-state index contributed by atoms with van der Waals surface area (Å²) in [6.45, 7) is 0. The van der Waals surface area contributed by atoms with Gasteiger partial charge in [0.15, 0.2) is 0 Å². The first-order chi connectivity index (χ1) is 12.0. The molecule has 0 spiro atoms. The number of carbonyl (C=O) groups is 1. The van der Waals surface area contributed by atoms with Crippen molar-refractivity contribution < 1.29 is 14.3 Å². The van der Waals surface area contributed by atoms with Crippen LogP contribution in [0.5, 0.6) is 11.5 Å². The van der Waals surface area contributed by atoms with Gasteiger partial charge in [0.1, 0.15) is 23.1 Å². The third-order valence-corrected chi connectivity index (χ3v) is 4.14. The Morgan fingerprint density at radius 2 is 1.84 bits per heavy atom. The van der Waals surface area contributed by atoms with Crippen molar-refractivity contribution in [3.8, 4) is 17.6 Å². The SMILES string of the molecule is COc1cc(NC(=O)/C(C#N)=C/c2ccc(Cl)cc2)c(OC)cc1Br. The number of anilines is 1. The normalized spacial score (nSPS) is 10.8. The van der Waals surface area contributed by atoms with Crippen LogP contribution in [-0.4, -0.2) is 20.1 Å². The molecule has 0 saturated heterocycles. The number of nitrogens with one attached hydrogen (secondary N) is 1. The van der Waals surface area contributed by atoms with Crippen LogP contribution in [0.15, 0.2) is 46.4 Å². The smallest absolute Gasteiger partial charge is 0.266 e. The second-order valence-corrected chi connectivity index (χ2v) is 6.15. The van der Waals surface area contributed by atoms with Gasteiger partial charge in [-0.05, 0) is 39.7 Å². The highest BCUT2D eigenvalue weighted by atomic mass is 79.9. The van der Waals surface area contributed by atoms with Crippen LogP contribution in [0.2, 0.25) is 5.02 Å². The average molecular weight is 422 g/mol. The Hall–Kier alpha value is -2.49. The van der Waals surface area contributed by atoms with Gasteiger partial charge in [0, 0.05) is 17.2 Å². The first-order valence-electron chi connectivity index (χ1n) is 7.08. The topological polar surface area (TPSA) is 71.3 Å². The Kier molecular flexibility index (Phi) is 6.45. The van der Waals surface area contributed by atoms with Crippen LogP contribution in [0.4, 0.5) is 5.69 Å². The second-order valence-electron chi connectivity index (χ2n) is 4.86. The van der Waals surface area contributed by atoms with E-state index in [0.29, 0.717) is 32.2 Å². The molecule has 0 aromatic heterocycles. The summed E-state index contributed by atoms with van der Waals surface area (Å²) >= 11 is 9.18. The van der Waals surface area contributed by atoms with Gasteiger partial charge < -0.3 is 14.8 Å². The summed E-state index contributed by atoms with van der Waals surface area (Å²) in [5, 5.41) is 12.5. The third kappa shape index (κ3) is 4.75. The number of halogens is 2. The third-order valence-electron chi connectivity index (χ3n) is 3.27. The number of hydrogen-bond donors (Lipinski definition) is 1. The van der Waals surface area contributed by atoms with E-state index in [1.54, 1.807) is 36.4 Å². The van der Waals surface area contributed by atoms with Crippen LogP contribution in [0.25, 0.3) is 6.08 Å². The van der Waals surface area contributed by atoms with Crippen molar-refractivity contribution in [3.05, 3.63) is 57.0 Å². The van der Waals surface area contributed by atoms with Gasteiger partial charge >= 0.3 is 0 Å². The minimum absolute atomic E-state index is 0.0498. The van der Waals surface area contributed by atoms with Crippen molar-refractivity contribution in [1.82, 2.24) is 0 Å². The van der Waals surface area contributed by atoms with E-state index in [0.717, 1.165) is 0 Å². The maximum atomic E-state index is 12.4. The molecule has 1 amide bonds. The number of benzene rings is 2. The molecule has 0 unspecified atom stereocenters. The van der Waals surface area contributed by atoms with Gasteiger partial charge in [-0.25, -0.2) is 0 Å². The predicted octanol–water partition coefficient (Wildman–Crippen LogP) is 4.67. The molecule has 7 heteroatoms. The molecule has 0 radical (unpaired) electrons. The molecule has 2 aromatic rings. The summed E-state index contributed by atoms with van der Waals surface area (Å²) < 4.78 is 11.2. The zero-order valence-corrected chi connectivity index (χ0v) is 15.8. The van der Waals surface area contributed by atoms with Gasteiger partial charge in [-0.15, -0.1) is 0 Å². The highest BCUT2D eigenvalue weighted by molar-refractivity contribution is 9.10. The monoisotopic (exact) mass is 420 g/mol. The Morgan fingerprint density at radius 1 is 1.20 bits per heavy atom. The molecule has 0 aliphatic heterocycles. The number of hydrogen-bond acceptors (Lipinski definition) is 4. The first kappa shape index (κ1) is 18.8. The number of rotatable bonds is 5. The highest BCUT2D eigenvalue weighted by Crippen LogP contribution is 2.36. The van der Waals surface area contributed by atoms with E-state index < -0.39 is 5.91 Å². The number of nitrogens with zero attached hydrogens (tertiary/aromatic N) is 1. The molecule has 2 aromatic carbocycles. The molecule has 5 nitrogen and oxygen atoms in total. The van der Waals surface area contributed by atoms with E-state index in [9.17, 15) is 10.1 Å². The van der Waals surface area contributed by atoms with Crippen molar-refractivity contribution in [1.29, 1.82) is 5.26 Å². The molecule has 0 heterocycles. The number of amides is 1. The summed E-state index contributed by atoms with van der Waals surface area (Å²) in [4.78, 5) is 12.4. The average Bonchev–Trinajstić information content (AvgIpc) is 2.62. The molecule has 0 atom stereocenters. The summed E-state index contributed by atoms with van der Waals surface area (Å²) in [5.74, 6) is 0.404. The molecule has 0 bridgehead atoms. The Balaban J connectivity index is 2.31. The number of ether oxygens (including phenoxy) is 2. The molecule has 0 aliphatic carbocycles. The lowest BCUT2D eigenvalue weighted by Gasteiger charge is -2.13. The van der Waals surface area contributed by atoms with E-state index >= 15 is 0 Å². The van der Waals surface area contributed by atoms with E-state index in [4.69, 9.17) is 21.1 Å². The highest BCUT2D eigenvalue weighted by Gasteiger charge is 2.15. The summed E-state index contributed by atoms with van der Waals surface area (Å²) in [5.41, 5.74) is 1.03. The van der Waals surface area contributed by atoms with E-state index in [2.05, 4.69) is 21.2 Å². The second kappa shape index (κ2) is 8.56. The molecule has 0 fully saturated rings. The summed E-state index contributed by atoms with van der Waals surface area (Å²) in [7, 11) is 3.00. The van der Waals surface area contributed by atoms with Crippen LogP contribution in [0.3, 0.4) is 0 Å². The minimum Gasteiger partial charge on any atom is -0.495 e. The fourth-order valence-electron chi connectivity index (χ4n) is 2.02. The molecule has 2 rings (SSSR count). The van der Waals surface area contributed by atoms with Crippen LogP contribution in [0, 0.1) is 11.3 Å². The van der Waals surface area contributed by atoms with Gasteiger partial charge in [-0.2, -0.15) is 5.26 Å². The molecule has 0 aliphatic rings. The van der Waals surface area contributed by atoms with Crippen LogP contribution < -0.4 is 14.8 Å². The van der Waals surface area contributed by atoms with Crippen molar-refractivity contribution in [2.75, 3.05) is 19.5 Å². The van der Waals surface area contributed by atoms with Crippen LogP contribution in [0.1, 0.15) is 5.56 Å². The predicted molar refractivity (Wildman–Crippen MR) is 101 cm³/mol. The standard InChI is InChI=1S/C18H14BrClN2O3/c1-24-16-9-15(17(25-2)8-14(16)19)22-18(23)12(10-21)7-11-3-5-13(20)6-4-11/h3-9H,1-2H3,(H,22,23)/b12-7+. The minimum atomic E-state index is -0.555. The Morgan fingerprint density at radius 3 is 2.40 bits per heavy atom. The lowest BCUT2D eigenvalue weighted by molar-refractivity contribution is -0.112. The van der Waals surface area contributed by atoms with E-state index in [-0.39, 0.29) is 5.57 Å². The molecule has 0 saturated carbocycles. The van der Waals surface area contributed by atoms with Crippen LogP contribution >= 0.6 is 27.5 Å². The lowest BCUT2D eigenvalue weighted by Crippen LogP contribution is -2.14.